The minimum atomic E-state index is 0.963. The molecule has 0 fully saturated rings. The Morgan fingerprint density at radius 2 is 0.707 bits per heavy atom. The van der Waals surface area contributed by atoms with Crippen molar-refractivity contribution in [3.8, 4) is 67.0 Å². The molecule has 11 rings (SSSR count). The lowest BCUT2D eigenvalue weighted by molar-refractivity contribution is 1.32. The van der Waals surface area contributed by atoms with Crippen molar-refractivity contribution in [1.29, 1.82) is 0 Å². The molecule has 0 bridgehead atoms. The molecule has 270 valence electrons. The van der Waals surface area contributed by atoms with Crippen LogP contribution in [0.3, 0.4) is 0 Å². The summed E-state index contributed by atoms with van der Waals surface area (Å²) in [4.78, 5) is 5.29. The van der Waals surface area contributed by atoms with Gasteiger partial charge in [-0.05, 0) is 106 Å². The molecule has 0 atom stereocenters. The number of fused-ring (bicyclic) bond motifs is 4. The molecule has 0 N–H and O–H groups in total. The Kier molecular flexibility index (Phi) is 8.23. The van der Waals surface area contributed by atoms with E-state index in [0.29, 0.717) is 0 Å². The average molecular weight is 736 g/mol. The van der Waals surface area contributed by atoms with Gasteiger partial charge in [-0.1, -0.05) is 200 Å². The van der Waals surface area contributed by atoms with E-state index in [0.717, 1.165) is 39.2 Å². The Morgan fingerprint density at radius 3 is 1.33 bits per heavy atom. The third kappa shape index (κ3) is 5.93. The molecule has 10 aromatic carbocycles. The van der Waals surface area contributed by atoms with Crippen LogP contribution in [0.5, 0.6) is 0 Å². The van der Waals surface area contributed by atoms with Crippen molar-refractivity contribution in [2.24, 2.45) is 0 Å². The van der Waals surface area contributed by atoms with Crippen LogP contribution in [-0.4, -0.2) is 4.98 Å². The van der Waals surface area contributed by atoms with Crippen LogP contribution in [0.15, 0.2) is 224 Å². The second kappa shape index (κ2) is 14.2. The monoisotopic (exact) mass is 735 g/mol. The van der Waals surface area contributed by atoms with Gasteiger partial charge in [0.05, 0.1) is 11.4 Å². The topological polar surface area (TPSA) is 12.9 Å². The number of rotatable bonds is 6. The maximum Gasteiger partial charge on any atom is 0.0787 e. The standard InChI is InChI=1S/C57H37N/c1-3-15-41(16-4-1)49-33-34-54(42-17-5-2-6-18-42)58-57(49)43-27-23-40(24-28-43)46-31-32-52-53(37-46)56(48-30-26-39-14-8-10-20-45(39)36-48)51-22-12-11-21-50(51)55(52)47-29-25-38-13-7-9-19-44(38)35-47/h1-37H. The molecule has 0 amide bonds. The van der Waals surface area contributed by atoms with E-state index in [-0.39, 0.29) is 0 Å². The lowest BCUT2D eigenvalue weighted by Gasteiger charge is -2.19. The van der Waals surface area contributed by atoms with E-state index in [2.05, 4.69) is 218 Å². The van der Waals surface area contributed by atoms with Crippen molar-refractivity contribution in [3.05, 3.63) is 224 Å². The zero-order chi connectivity index (χ0) is 38.4. The zero-order valence-electron chi connectivity index (χ0n) is 31.8. The van der Waals surface area contributed by atoms with Crippen molar-refractivity contribution in [2.45, 2.75) is 0 Å². The van der Waals surface area contributed by atoms with E-state index < -0.39 is 0 Å². The van der Waals surface area contributed by atoms with Crippen LogP contribution >= 0.6 is 0 Å². The summed E-state index contributed by atoms with van der Waals surface area (Å²) >= 11 is 0. The number of aromatic nitrogens is 1. The Bertz CT molecular complexity index is 3310. The second-order valence-electron chi connectivity index (χ2n) is 15.1. The third-order valence-corrected chi connectivity index (χ3v) is 11.6. The van der Waals surface area contributed by atoms with Gasteiger partial charge in [0.25, 0.3) is 0 Å². The lowest BCUT2D eigenvalue weighted by Crippen LogP contribution is -1.93. The minimum Gasteiger partial charge on any atom is -0.247 e. The smallest absolute Gasteiger partial charge is 0.0787 e. The number of pyridine rings is 1. The van der Waals surface area contributed by atoms with E-state index in [9.17, 15) is 0 Å². The number of benzene rings is 10. The van der Waals surface area contributed by atoms with Crippen LogP contribution in [0.2, 0.25) is 0 Å². The zero-order valence-corrected chi connectivity index (χ0v) is 31.8. The molecular formula is C57H37N. The molecular weight excluding hydrogens is 699 g/mol. The Labute approximate surface area is 338 Å². The van der Waals surface area contributed by atoms with Crippen LogP contribution in [0.4, 0.5) is 0 Å². The van der Waals surface area contributed by atoms with Gasteiger partial charge >= 0.3 is 0 Å². The minimum absolute atomic E-state index is 0.963. The lowest BCUT2D eigenvalue weighted by atomic mass is 9.84. The normalized spacial score (nSPS) is 11.4. The van der Waals surface area contributed by atoms with Gasteiger partial charge in [-0.15, -0.1) is 0 Å². The Hall–Kier alpha value is -7.61. The van der Waals surface area contributed by atoms with Crippen LogP contribution in [-0.2, 0) is 0 Å². The summed E-state index contributed by atoms with van der Waals surface area (Å²) in [5.41, 5.74) is 13.7. The largest absolute Gasteiger partial charge is 0.247 e. The maximum absolute atomic E-state index is 5.29. The molecule has 0 aliphatic heterocycles. The average Bonchev–Trinajstić information content (AvgIpc) is 3.30. The van der Waals surface area contributed by atoms with E-state index in [4.69, 9.17) is 4.98 Å². The van der Waals surface area contributed by atoms with E-state index in [1.807, 2.05) is 6.07 Å². The number of hydrogen-bond acceptors (Lipinski definition) is 1. The molecule has 0 saturated carbocycles. The molecule has 1 aromatic heterocycles. The van der Waals surface area contributed by atoms with Crippen LogP contribution in [0, 0.1) is 0 Å². The summed E-state index contributed by atoms with van der Waals surface area (Å²) in [5.74, 6) is 0. The van der Waals surface area contributed by atoms with Crippen molar-refractivity contribution in [1.82, 2.24) is 4.98 Å². The SMILES string of the molecule is c1ccc(-c2ccc(-c3ccccc3)c(-c3ccc(-c4ccc5c(-c6ccc7ccccc7c6)c6ccccc6c(-c6ccc7ccccc7c6)c5c4)cc3)n2)cc1. The molecule has 1 heteroatoms. The first-order valence-electron chi connectivity index (χ1n) is 19.9. The summed E-state index contributed by atoms with van der Waals surface area (Å²) in [6, 6.07) is 81.4. The van der Waals surface area contributed by atoms with E-state index >= 15 is 0 Å². The molecule has 0 radical (unpaired) electrons. The molecule has 11 aromatic rings. The van der Waals surface area contributed by atoms with E-state index in [1.165, 1.54) is 70.9 Å². The maximum atomic E-state index is 5.29. The van der Waals surface area contributed by atoms with E-state index in [1.54, 1.807) is 0 Å². The first-order valence-corrected chi connectivity index (χ1v) is 19.9. The number of nitrogens with zero attached hydrogens (tertiary/aromatic N) is 1. The summed E-state index contributed by atoms with van der Waals surface area (Å²) in [5, 5.41) is 9.95. The predicted octanol–water partition coefficient (Wildman–Crippen LogP) is 15.7. The molecule has 0 spiro atoms. The molecule has 58 heavy (non-hydrogen) atoms. The summed E-state index contributed by atoms with van der Waals surface area (Å²) < 4.78 is 0. The predicted molar refractivity (Wildman–Crippen MR) is 247 cm³/mol. The fourth-order valence-corrected chi connectivity index (χ4v) is 8.79. The van der Waals surface area contributed by atoms with Gasteiger partial charge in [-0.2, -0.15) is 0 Å². The molecule has 0 unspecified atom stereocenters. The van der Waals surface area contributed by atoms with Gasteiger partial charge in [0.15, 0.2) is 0 Å². The fraction of sp³-hybridized carbons (Fsp3) is 0. The Morgan fingerprint density at radius 1 is 0.241 bits per heavy atom. The summed E-state index contributed by atoms with van der Waals surface area (Å²) in [6.45, 7) is 0. The molecule has 1 heterocycles. The molecule has 0 aliphatic carbocycles. The van der Waals surface area contributed by atoms with Crippen molar-refractivity contribution in [2.75, 3.05) is 0 Å². The quantitative estimate of drug-likeness (QED) is 0.155. The highest BCUT2D eigenvalue weighted by molar-refractivity contribution is 6.22. The highest BCUT2D eigenvalue weighted by Gasteiger charge is 2.19. The highest BCUT2D eigenvalue weighted by Crippen LogP contribution is 2.46. The van der Waals surface area contributed by atoms with Crippen molar-refractivity contribution < 1.29 is 0 Å². The number of hydrogen-bond donors (Lipinski definition) is 0. The van der Waals surface area contributed by atoms with Gasteiger partial charge in [-0.3, -0.25) is 0 Å². The van der Waals surface area contributed by atoms with Crippen molar-refractivity contribution in [3.63, 3.8) is 0 Å². The first kappa shape index (κ1) is 33.7. The summed E-state index contributed by atoms with van der Waals surface area (Å²) in [7, 11) is 0. The van der Waals surface area contributed by atoms with Crippen LogP contribution in [0.1, 0.15) is 0 Å². The van der Waals surface area contributed by atoms with Crippen molar-refractivity contribution >= 4 is 43.1 Å². The van der Waals surface area contributed by atoms with Gasteiger partial charge < -0.3 is 0 Å². The molecule has 1 nitrogen and oxygen atoms in total. The summed E-state index contributed by atoms with van der Waals surface area (Å²) in [6.07, 6.45) is 0. The first-order chi connectivity index (χ1) is 28.7. The van der Waals surface area contributed by atoms with Crippen LogP contribution in [0.25, 0.3) is 110 Å². The van der Waals surface area contributed by atoms with Gasteiger partial charge in [0.1, 0.15) is 0 Å². The van der Waals surface area contributed by atoms with Crippen LogP contribution < -0.4 is 0 Å². The molecule has 0 saturated heterocycles. The van der Waals surface area contributed by atoms with Gasteiger partial charge in [-0.25, -0.2) is 4.98 Å². The highest BCUT2D eigenvalue weighted by atomic mass is 14.7. The fourth-order valence-electron chi connectivity index (χ4n) is 8.79. The third-order valence-electron chi connectivity index (χ3n) is 11.6. The second-order valence-corrected chi connectivity index (χ2v) is 15.1. The van der Waals surface area contributed by atoms with Gasteiger partial charge in [0, 0.05) is 16.7 Å². The molecule has 0 aliphatic rings. The Balaban J connectivity index is 1.11. The van der Waals surface area contributed by atoms with Gasteiger partial charge in [0.2, 0.25) is 0 Å².